The van der Waals surface area contributed by atoms with Crippen LogP contribution < -0.4 is 0 Å². The molecule has 0 aliphatic rings. The lowest BCUT2D eigenvalue weighted by Crippen LogP contribution is -2.11. The predicted octanol–water partition coefficient (Wildman–Crippen LogP) is 6.47. The van der Waals surface area contributed by atoms with E-state index >= 15 is 0 Å². The number of benzene rings is 1. The first kappa shape index (κ1) is 18.2. The number of aromatic nitrogens is 3. The minimum absolute atomic E-state index is 0.282. The van der Waals surface area contributed by atoms with Crippen LogP contribution in [-0.2, 0) is 17.9 Å². The van der Waals surface area contributed by atoms with Gasteiger partial charge in [-0.05, 0) is 46.1 Å². The molecule has 4 aromatic rings. The van der Waals surface area contributed by atoms with Crippen molar-refractivity contribution in [2.45, 2.75) is 19.3 Å². The lowest BCUT2D eigenvalue weighted by molar-refractivity contribution is 0.0311. The Morgan fingerprint density at radius 2 is 2.12 bits per heavy atom. The van der Waals surface area contributed by atoms with Crippen LogP contribution in [0.1, 0.15) is 16.5 Å². The van der Waals surface area contributed by atoms with Crippen LogP contribution in [0.5, 0.6) is 0 Å². The molecule has 1 aromatic carbocycles. The standard InChI is InChI=1S/C17H12Cl3N3OS2/c18-11-1-2-14-12(5-11)10(8-25-14)7-24-13(6-23-4-3-21-9-23)16-15(19)17(20)22-26-16/h1-5,8-9,13H,6-7H2. The summed E-state index contributed by atoms with van der Waals surface area (Å²) in [5.41, 5.74) is 1.09. The topological polar surface area (TPSA) is 39.9 Å². The van der Waals surface area contributed by atoms with Crippen molar-refractivity contribution in [3.63, 3.8) is 0 Å². The Balaban J connectivity index is 1.59. The van der Waals surface area contributed by atoms with E-state index in [0.29, 0.717) is 28.4 Å². The fourth-order valence-corrected chi connectivity index (χ4v) is 5.01. The van der Waals surface area contributed by atoms with Gasteiger partial charge in [0.05, 0.1) is 29.4 Å². The van der Waals surface area contributed by atoms with E-state index < -0.39 is 0 Å². The molecule has 4 rings (SSSR count). The van der Waals surface area contributed by atoms with E-state index in [0.717, 1.165) is 15.8 Å². The molecule has 0 aliphatic heterocycles. The lowest BCUT2D eigenvalue weighted by Gasteiger charge is -2.17. The van der Waals surface area contributed by atoms with Gasteiger partial charge in [0, 0.05) is 22.1 Å². The molecule has 3 aromatic heterocycles. The first-order chi connectivity index (χ1) is 12.6. The van der Waals surface area contributed by atoms with E-state index in [4.69, 9.17) is 39.5 Å². The molecule has 0 radical (unpaired) electrons. The van der Waals surface area contributed by atoms with E-state index in [-0.39, 0.29) is 6.10 Å². The summed E-state index contributed by atoms with van der Waals surface area (Å²) >= 11 is 21.4. The smallest absolute Gasteiger partial charge is 0.161 e. The van der Waals surface area contributed by atoms with E-state index in [1.54, 1.807) is 23.9 Å². The number of halogens is 3. The van der Waals surface area contributed by atoms with Crippen LogP contribution in [-0.4, -0.2) is 13.9 Å². The Hall–Kier alpha value is -1.15. The van der Waals surface area contributed by atoms with Crippen LogP contribution in [0, 0.1) is 0 Å². The molecule has 26 heavy (non-hydrogen) atoms. The fourth-order valence-electron chi connectivity index (χ4n) is 2.62. The van der Waals surface area contributed by atoms with Crippen molar-refractivity contribution >= 4 is 67.8 Å². The Kier molecular flexibility index (Phi) is 5.50. The summed E-state index contributed by atoms with van der Waals surface area (Å²) in [7, 11) is 0. The number of thiophene rings is 1. The van der Waals surface area contributed by atoms with E-state index in [9.17, 15) is 0 Å². The van der Waals surface area contributed by atoms with Gasteiger partial charge in [-0.25, -0.2) is 4.98 Å². The second-order valence-corrected chi connectivity index (χ2v) is 8.50. The molecule has 1 unspecified atom stereocenters. The summed E-state index contributed by atoms with van der Waals surface area (Å²) < 4.78 is 13.5. The lowest BCUT2D eigenvalue weighted by atomic mass is 10.2. The first-order valence-electron chi connectivity index (χ1n) is 7.65. The summed E-state index contributed by atoms with van der Waals surface area (Å²) in [6, 6.07) is 5.88. The minimum Gasteiger partial charge on any atom is -0.366 e. The molecule has 0 saturated heterocycles. The maximum absolute atomic E-state index is 6.32. The molecule has 0 saturated carbocycles. The molecule has 0 fully saturated rings. The highest BCUT2D eigenvalue weighted by molar-refractivity contribution is 7.17. The highest BCUT2D eigenvalue weighted by atomic mass is 35.5. The van der Waals surface area contributed by atoms with Crippen LogP contribution >= 0.6 is 57.7 Å². The van der Waals surface area contributed by atoms with Crippen LogP contribution in [0.3, 0.4) is 0 Å². The normalized spacial score (nSPS) is 12.7. The average molecular weight is 445 g/mol. The van der Waals surface area contributed by atoms with Gasteiger partial charge in [0.15, 0.2) is 5.15 Å². The summed E-state index contributed by atoms with van der Waals surface area (Å²) in [5, 5.41) is 4.66. The van der Waals surface area contributed by atoms with Gasteiger partial charge in [0.2, 0.25) is 0 Å². The van der Waals surface area contributed by atoms with Gasteiger partial charge < -0.3 is 9.30 Å². The number of hydrogen-bond acceptors (Lipinski definition) is 5. The summed E-state index contributed by atoms with van der Waals surface area (Å²) in [4.78, 5) is 4.89. The van der Waals surface area contributed by atoms with Gasteiger partial charge in [-0.1, -0.05) is 34.8 Å². The average Bonchev–Trinajstić information content (AvgIpc) is 3.34. The van der Waals surface area contributed by atoms with Crippen LogP contribution in [0.2, 0.25) is 15.2 Å². The largest absolute Gasteiger partial charge is 0.366 e. The molecule has 134 valence electrons. The molecule has 0 spiro atoms. The summed E-state index contributed by atoms with van der Waals surface area (Å²) in [6.07, 6.45) is 5.07. The Labute approximate surface area is 173 Å². The van der Waals surface area contributed by atoms with Crippen molar-refractivity contribution in [1.29, 1.82) is 0 Å². The van der Waals surface area contributed by atoms with Crippen molar-refractivity contribution < 1.29 is 4.74 Å². The van der Waals surface area contributed by atoms with Gasteiger partial charge in [-0.15, -0.1) is 11.3 Å². The molecule has 0 amide bonds. The number of nitrogens with zero attached hydrogens (tertiary/aromatic N) is 3. The molecule has 3 heterocycles. The molecular weight excluding hydrogens is 433 g/mol. The third kappa shape index (κ3) is 3.76. The third-order valence-corrected chi connectivity index (χ3v) is 7.06. The summed E-state index contributed by atoms with van der Waals surface area (Å²) in [6.45, 7) is 1.01. The van der Waals surface area contributed by atoms with Gasteiger partial charge in [-0.2, -0.15) is 4.37 Å². The minimum atomic E-state index is -0.282. The molecular formula is C17H12Cl3N3OS2. The third-order valence-electron chi connectivity index (χ3n) is 3.91. The monoisotopic (exact) mass is 443 g/mol. The van der Waals surface area contributed by atoms with Crippen molar-refractivity contribution in [2.24, 2.45) is 0 Å². The highest BCUT2D eigenvalue weighted by Crippen LogP contribution is 2.37. The second kappa shape index (κ2) is 7.84. The SMILES string of the molecule is Clc1ccc2scc(COC(Cn3ccnc3)c3snc(Cl)c3Cl)c2c1. The van der Waals surface area contributed by atoms with E-state index in [1.165, 1.54) is 16.2 Å². The quantitative estimate of drug-likeness (QED) is 0.342. The van der Waals surface area contributed by atoms with E-state index in [1.807, 2.05) is 29.0 Å². The second-order valence-electron chi connectivity index (χ2n) is 5.61. The first-order valence-corrected chi connectivity index (χ1v) is 10.4. The highest BCUT2D eigenvalue weighted by Gasteiger charge is 2.22. The number of fused-ring (bicyclic) bond motifs is 1. The summed E-state index contributed by atoms with van der Waals surface area (Å²) in [5.74, 6) is 0. The maximum atomic E-state index is 6.32. The Morgan fingerprint density at radius 3 is 2.85 bits per heavy atom. The molecule has 1 atom stereocenters. The zero-order chi connectivity index (χ0) is 18.1. The number of imidazole rings is 1. The molecule has 0 bridgehead atoms. The zero-order valence-corrected chi connectivity index (χ0v) is 17.1. The number of hydrogen-bond donors (Lipinski definition) is 0. The van der Waals surface area contributed by atoms with Crippen molar-refractivity contribution in [3.05, 3.63) is 67.9 Å². The predicted molar refractivity (Wildman–Crippen MR) is 109 cm³/mol. The fraction of sp³-hybridized carbons (Fsp3) is 0.176. The van der Waals surface area contributed by atoms with Crippen LogP contribution in [0.15, 0.2) is 42.3 Å². The van der Waals surface area contributed by atoms with Crippen LogP contribution in [0.25, 0.3) is 10.1 Å². The number of ether oxygens (including phenoxy) is 1. The van der Waals surface area contributed by atoms with E-state index in [2.05, 4.69) is 14.7 Å². The molecule has 4 nitrogen and oxygen atoms in total. The van der Waals surface area contributed by atoms with Gasteiger partial charge in [0.25, 0.3) is 0 Å². The Bertz CT molecular complexity index is 1030. The van der Waals surface area contributed by atoms with Gasteiger partial charge in [0.1, 0.15) is 6.10 Å². The van der Waals surface area contributed by atoms with Gasteiger partial charge >= 0.3 is 0 Å². The Morgan fingerprint density at radius 1 is 1.23 bits per heavy atom. The van der Waals surface area contributed by atoms with Crippen molar-refractivity contribution in [3.8, 4) is 0 Å². The van der Waals surface area contributed by atoms with Crippen LogP contribution in [0.4, 0.5) is 0 Å². The van der Waals surface area contributed by atoms with Crippen molar-refractivity contribution in [1.82, 2.24) is 13.9 Å². The molecule has 9 heteroatoms. The van der Waals surface area contributed by atoms with Crippen molar-refractivity contribution in [2.75, 3.05) is 0 Å². The molecule has 0 aliphatic carbocycles. The van der Waals surface area contributed by atoms with Gasteiger partial charge in [-0.3, -0.25) is 0 Å². The zero-order valence-electron chi connectivity index (χ0n) is 13.2. The number of rotatable bonds is 6. The molecule has 0 N–H and O–H groups in total. The maximum Gasteiger partial charge on any atom is 0.161 e.